The molecule has 160 valence electrons. The Bertz CT molecular complexity index is 1240. The number of hydrogen-bond donors (Lipinski definition) is 1. The van der Waals surface area contributed by atoms with Crippen LogP contribution in [-0.4, -0.2) is 5.78 Å². The van der Waals surface area contributed by atoms with E-state index in [0.717, 1.165) is 11.1 Å². The highest BCUT2D eigenvalue weighted by atomic mass is 79.9. The van der Waals surface area contributed by atoms with Gasteiger partial charge in [0, 0.05) is 24.0 Å². The van der Waals surface area contributed by atoms with Crippen LogP contribution in [0.3, 0.4) is 0 Å². The number of rotatable bonds is 4. The lowest BCUT2D eigenvalue weighted by atomic mass is 9.77. The number of nitriles is 2. The lowest BCUT2D eigenvalue weighted by Crippen LogP contribution is -2.27. The van der Waals surface area contributed by atoms with Crippen LogP contribution in [0.15, 0.2) is 68.1 Å². The van der Waals surface area contributed by atoms with Gasteiger partial charge in [0.25, 0.3) is 0 Å². The van der Waals surface area contributed by atoms with Crippen LogP contribution in [0.25, 0.3) is 0 Å². The molecule has 8 heteroatoms. The molecule has 1 aliphatic carbocycles. The number of halogens is 2. The molecule has 2 aromatic rings. The summed E-state index contributed by atoms with van der Waals surface area (Å²) < 4.78 is 12.9. The first-order valence-corrected chi connectivity index (χ1v) is 11.5. The van der Waals surface area contributed by atoms with E-state index in [4.69, 9.17) is 15.2 Å². The van der Waals surface area contributed by atoms with Gasteiger partial charge in [0.15, 0.2) is 5.78 Å². The minimum atomic E-state index is -0.600. The molecule has 32 heavy (non-hydrogen) atoms. The Morgan fingerprint density at radius 3 is 2.53 bits per heavy atom. The van der Waals surface area contributed by atoms with Crippen molar-refractivity contribution in [2.75, 3.05) is 0 Å². The van der Waals surface area contributed by atoms with Gasteiger partial charge in [-0.2, -0.15) is 10.5 Å². The molecule has 0 saturated carbocycles. The van der Waals surface area contributed by atoms with Gasteiger partial charge in [-0.15, -0.1) is 0 Å². The Morgan fingerprint density at radius 1 is 1.12 bits per heavy atom. The molecule has 0 fully saturated rings. The van der Waals surface area contributed by atoms with E-state index in [1.54, 1.807) is 12.1 Å². The normalized spacial score (nSPS) is 17.9. The molecule has 4 rings (SSSR count). The number of carbonyl (C=O) groups excluding carboxylic acids is 1. The van der Waals surface area contributed by atoms with Gasteiger partial charge in [-0.25, -0.2) is 0 Å². The molecule has 1 heterocycles. The molecule has 2 N–H and O–H groups in total. The summed E-state index contributed by atoms with van der Waals surface area (Å²) in [5.74, 6) is 0.498. The molecule has 1 aliphatic heterocycles. The maximum Gasteiger partial charge on any atom is 0.205 e. The Morgan fingerprint density at radius 2 is 1.84 bits per heavy atom. The Balaban J connectivity index is 1.71. The second-order valence-corrected chi connectivity index (χ2v) is 9.12. The number of carbonyl (C=O) groups is 1. The average Bonchev–Trinajstić information content (AvgIpc) is 2.78. The first kappa shape index (κ1) is 22.1. The maximum atomic E-state index is 12.8. The van der Waals surface area contributed by atoms with Crippen molar-refractivity contribution >= 4 is 37.6 Å². The zero-order chi connectivity index (χ0) is 22.8. The summed E-state index contributed by atoms with van der Waals surface area (Å²) in [4.78, 5) is 12.8. The van der Waals surface area contributed by atoms with Gasteiger partial charge in [-0.1, -0.05) is 18.2 Å². The molecule has 2 aliphatic rings. The van der Waals surface area contributed by atoms with E-state index in [1.807, 2.05) is 24.3 Å². The third kappa shape index (κ3) is 4.04. The van der Waals surface area contributed by atoms with Gasteiger partial charge in [-0.3, -0.25) is 4.79 Å². The Labute approximate surface area is 202 Å². The quantitative estimate of drug-likeness (QED) is 0.536. The highest BCUT2D eigenvalue weighted by Crippen LogP contribution is 2.46. The Kier molecular flexibility index (Phi) is 6.36. The molecule has 0 spiro atoms. The highest BCUT2D eigenvalue weighted by molar-refractivity contribution is 9.11. The van der Waals surface area contributed by atoms with E-state index in [1.165, 1.54) is 0 Å². The zero-order valence-electron chi connectivity index (χ0n) is 16.8. The van der Waals surface area contributed by atoms with Crippen molar-refractivity contribution < 1.29 is 14.3 Å². The summed E-state index contributed by atoms with van der Waals surface area (Å²) in [6.07, 6.45) is 1.72. The van der Waals surface area contributed by atoms with Crippen molar-refractivity contribution in [1.29, 1.82) is 10.5 Å². The monoisotopic (exact) mass is 553 g/mol. The van der Waals surface area contributed by atoms with Crippen LogP contribution in [0.2, 0.25) is 0 Å². The van der Waals surface area contributed by atoms with Crippen molar-refractivity contribution in [3.05, 3.63) is 84.8 Å². The van der Waals surface area contributed by atoms with Crippen LogP contribution in [0.5, 0.6) is 5.75 Å². The lowest BCUT2D eigenvalue weighted by molar-refractivity contribution is -0.116. The number of nitrogens with zero attached hydrogens (tertiary/aromatic N) is 2. The van der Waals surface area contributed by atoms with Crippen LogP contribution in [0.4, 0.5) is 0 Å². The predicted molar refractivity (Wildman–Crippen MR) is 124 cm³/mol. The number of hydrogen-bond acceptors (Lipinski definition) is 6. The van der Waals surface area contributed by atoms with E-state index in [9.17, 15) is 15.3 Å². The third-order valence-electron chi connectivity index (χ3n) is 5.47. The fourth-order valence-electron chi connectivity index (χ4n) is 3.98. The molecule has 0 saturated heterocycles. The summed E-state index contributed by atoms with van der Waals surface area (Å²) >= 11 is 7.10. The average molecular weight is 555 g/mol. The van der Waals surface area contributed by atoms with Crippen molar-refractivity contribution in [1.82, 2.24) is 0 Å². The van der Waals surface area contributed by atoms with E-state index in [-0.39, 0.29) is 23.8 Å². The number of allylic oxidation sites excluding steroid dienone is 3. The van der Waals surface area contributed by atoms with Crippen LogP contribution in [0.1, 0.15) is 41.9 Å². The molecule has 2 aromatic carbocycles. The minimum Gasteiger partial charge on any atom is -0.486 e. The second kappa shape index (κ2) is 9.20. The fourth-order valence-corrected chi connectivity index (χ4v) is 5.43. The summed E-state index contributed by atoms with van der Waals surface area (Å²) in [7, 11) is 0. The van der Waals surface area contributed by atoms with E-state index in [2.05, 4.69) is 44.0 Å². The van der Waals surface area contributed by atoms with Gasteiger partial charge < -0.3 is 15.2 Å². The molecule has 0 bridgehead atoms. The van der Waals surface area contributed by atoms with Crippen molar-refractivity contribution in [3.63, 3.8) is 0 Å². The first-order chi connectivity index (χ1) is 15.4. The molecular formula is C24H17Br2N3O3. The van der Waals surface area contributed by atoms with Crippen LogP contribution < -0.4 is 10.5 Å². The number of nitrogens with two attached hydrogens (primary N) is 1. The molecule has 0 amide bonds. The van der Waals surface area contributed by atoms with E-state index < -0.39 is 5.92 Å². The predicted octanol–water partition coefficient (Wildman–Crippen LogP) is 5.48. The molecule has 1 atom stereocenters. The number of ether oxygens (including phenoxy) is 2. The van der Waals surface area contributed by atoms with E-state index >= 15 is 0 Å². The molecule has 6 nitrogen and oxygen atoms in total. The molecule has 0 aromatic heterocycles. The number of ketones is 1. The second-order valence-electron chi connectivity index (χ2n) is 7.41. The third-order valence-corrected chi connectivity index (χ3v) is 6.65. The SMILES string of the molecule is N#CC1=C(N)OC2=C(C(=O)CCC2)[C@H]1c1cc(Br)c(OCc2ccccc2C#N)c(Br)c1. The smallest absolute Gasteiger partial charge is 0.205 e. The summed E-state index contributed by atoms with van der Waals surface area (Å²) in [6, 6.07) is 15.2. The first-order valence-electron chi connectivity index (χ1n) is 9.88. The lowest BCUT2D eigenvalue weighted by Gasteiger charge is -2.31. The summed E-state index contributed by atoms with van der Waals surface area (Å²) in [6.45, 7) is 0.210. The number of benzene rings is 2. The summed E-state index contributed by atoms with van der Waals surface area (Å²) in [5, 5.41) is 19.0. The van der Waals surface area contributed by atoms with Gasteiger partial charge >= 0.3 is 0 Å². The van der Waals surface area contributed by atoms with Gasteiger partial charge in [0.2, 0.25) is 5.88 Å². The van der Waals surface area contributed by atoms with Crippen LogP contribution >= 0.6 is 31.9 Å². The topological polar surface area (TPSA) is 109 Å². The standard InChI is InChI=1S/C24H17Br2N3O3/c25-17-8-15(9-18(26)23(17)31-12-14-5-2-1-4-13(14)10-27)21-16(11-28)24(29)32-20-7-3-6-19(30)22(20)21/h1-2,4-5,8-9,21H,3,6-7,12,29H2/t21-/m0/s1. The maximum absolute atomic E-state index is 12.8. The van der Waals surface area contributed by atoms with Crippen molar-refractivity contribution in [2.24, 2.45) is 5.73 Å². The Hall–Kier alpha value is -3.07. The van der Waals surface area contributed by atoms with Gasteiger partial charge in [0.05, 0.1) is 26.5 Å². The van der Waals surface area contributed by atoms with Crippen LogP contribution in [0, 0.1) is 22.7 Å². The zero-order valence-corrected chi connectivity index (χ0v) is 20.0. The van der Waals surface area contributed by atoms with Crippen molar-refractivity contribution in [3.8, 4) is 17.9 Å². The van der Waals surface area contributed by atoms with Crippen LogP contribution in [-0.2, 0) is 16.1 Å². The fraction of sp³-hybridized carbons (Fsp3) is 0.208. The molecule has 0 unspecified atom stereocenters. The largest absolute Gasteiger partial charge is 0.486 e. The molecular weight excluding hydrogens is 538 g/mol. The van der Waals surface area contributed by atoms with Gasteiger partial charge in [-0.05, 0) is 62.0 Å². The van der Waals surface area contributed by atoms with Gasteiger partial charge in [0.1, 0.15) is 29.8 Å². The van der Waals surface area contributed by atoms with Crippen molar-refractivity contribution in [2.45, 2.75) is 31.8 Å². The highest BCUT2D eigenvalue weighted by Gasteiger charge is 2.38. The molecule has 0 radical (unpaired) electrons. The summed E-state index contributed by atoms with van der Waals surface area (Å²) in [5.41, 5.74) is 8.79. The number of Topliss-reactive ketones (excluding diaryl/α,β-unsaturated/α-hetero) is 1. The minimum absolute atomic E-state index is 0.0304. The van der Waals surface area contributed by atoms with E-state index in [0.29, 0.717) is 50.9 Å².